The van der Waals surface area contributed by atoms with Crippen molar-refractivity contribution in [3.63, 3.8) is 0 Å². The molecule has 1 aromatic heterocycles. The third-order valence-electron chi connectivity index (χ3n) is 7.58. The minimum atomic E-state index is -0.457. The third-order valence-corrected chi connectivity index (χ3v) is 7.58. The Morgan fingerprint density at radius 3 is 2.56 bits per heavy atom. The van der Waals surface area contributed by atoms with E-state index >= 15 is 0 Å². The van der Waals surface area contributed by atoms with Gasteiger partial charge in [0.25, 0.3) is 5.91 Å². The minimum Gasteiger partial charge on any atom is -0.489 e. The fraction of sp³-hybridized carbons (Fsp3) is 0.312. The molecule has 1 heterocycles. The van der Waals surface area contributed by atoms with Gasteiger partial charge in [-0.1, -0.05) is 49.2 Å². The largest absolute Gasteiger partial charge is 0.489 e. The Bertz CT molecular complexity index is 1540. The van der Waals surface area contributed by atoms with Crippen LogP contribution in [0.5, 0.6) is 5.75 Å². The number of ether oxygens (including phenoxy) is 1. The van der Waals surface area contributed by atoms with Crippen LogP contribution in [0, 0.1) is 5.92 Å². The van der Waals surface area contributed by atoms with E-state index in [-0.39, 0.29) is 24.8 Å². The zero-order chi connectivity index (χ0) is 28.8. The Morgan fingerprint density at radius 2 is 1.80 bits per heavy atom. The van der Waals surface area contributed by atoms with Crippen molar-refractivity contribution >= 4 is 40.4 Å². The van der Waals surface area contributed by atoms with Gasteiger partial charge in [0, 0.05) is 37.7 Å². The molecule has 3 aromatic carbocycles. The molecule has 0 atom stereocenters. The standard InChI is InChI=1S/C32H35N5O4/c1-36(30(39)18-22-8-5-6-9-22)25-14-15-28-27(20-25)34-32(37(28)17-16-29(33)38)35-31(40)24-12-7-13-26(19-24)41-21-23-10-3-2-4-11-23/h2-4,7,10-15,19-20,22H,5-6,8-9,16-18,21H2,1H3,(H2,33,38)(H,34,35,40). The molecule has 4 aromatic rings. The van der Waals surface area contributed by atoms with E-state index < -0.39 is 5.91 Å². The normalized spacial score (nSPS) is 13.3. The van der Waals surface area contributed by atoms with Crippen molar-refractivity contribution < 1.29 is 19.1 Å². The van der Waals surface area contributed by atoms with Gasteiger partial charge in [-0.05, 0) is 60.7 Å². The summed E-state index contributed by atoms with van der Waals surface area (Å²) in [5.74, 6) is 0.562. The van der Waals surface area contributed by atoms with Crippen LogP contribution in [-0.2, 0) is 22.7 Å². The lowest BCUT2D eigenvalue weighted by Crippen LogP contribution is -2.27. The summed E-state index contributed by atoms with van der Waals surface area (Å²) < 4.78 is 7.64. The maximum atomic E-state index is 13.3. The Labute approximate surface area is 239 Å². The fourth-order valence-corrected chi connectivity index (χ4v) is 5.25. The number of carbonyl (C=O) groups is 3. The van der Waals surface area contributed by atoms with Crippen molar-refractivity contribution in [1.82, 2.24) is 9.55 Å². The number of anilines is 2. The van der Waals surface area contributed by atoms with E-state index in [1.54, 1.807) is 40.8 Å². The van der Waals surface area contributed by atoms with Crippen LogP contribution < -0.4 is 20.7 Å². The first-order valence-electron chi connectivity index (χ1n) is 14.0. The van der Waals surface area contributed by atoms with Crippen molar-refractivity contribution in [3.8, 4) is 5.75 Å². The first-order chi connectivity index (χ1) is 19.9. The summed E-state index contributed by atoms with van der Waals surface area (Å²) in [4.78, 5) is 44.1. The highest BCUT2D eigenvalue weighted by molar-refractivity contribution is 6.04. The zero-order valence-electron chi connectivity index (χ0n) is 23.2. The van der Waals surface area contributed by atoms with Gasteiger partial charge in [0.05, 0.1) is 11.0 Å². The molecule has 1 aliphatic carbocycles. The Hall–Kier alpha value is -4.66. The van der Waals surface area contributed by atoms with Gasteiger partial charge in [-0.2, -0.15) is 0 Å². The van der Waals surface area contributed by atoms with Crippen molar-refractivity contribution in [2.24, 2.45) is 11.7 Å². The molecule has 0 saturated heterocycles. The van der Waals surface area contributed by atoms with Crippen LogP contribution in [0.1, 0.15) is 54.4 Å². The average molecular weight is 554 g/mol. The van der Waals surface area contributed by atoms with Crippen LogP contribution >= 0.6 is 0 Å². The number of amides is 3. The number of benzene rings is 3. The molecule has 3 N–H and O–H groups in total. The molecular formula is C32H35N5O4. The second-order valence-electron chi connectivity index (χ2n) is 10.5. The molecular weight excluding hydrogens is 518 g/mol. The minimum absolute atomic E-state index is 0.0762. The summed E-state index contributed by atoms with van der Waals surface area (Å²) in [5, 5.41) is 2.89. The van der Waals surface area contributed by atoms with E-state index in [1.165, 1.54) is 12.8 Å². The number of nitrogens with one attached hydrogen (secondary N) is 1. The van der Waals surface area contributed by atoms with Gasteiger partial charge in [0.2, 0.25) is 17.8 Å². The average Bonchev–Trinajstić information content (AvgIpc) is 3.62. The number of carbonyl (C=O) groups excluding carboxylic acids is 3. The second kappa shape index (κ2) is 12.7. The molecule has 0 unspecified atom stereocenters. The van der Waals surface area contributed by atoms with E-state index in [2.05, 4.69) is 10.3 Å². The number of primary amides is 1. The van der Waals surface area contributed by atoms with Crippen LogP contribution in [0.4, 0.5) is 11.6 Å². The van der Waals surface area contributed by atoms with Crippen LogP contribution in [0.25, 0.3) is 11.0 Å². The first-order valence-corrected chi connectivity index (χ1v) is 14.0. The Kier molecular flexibility index (Phi) is 8.62. The van der Waals surface area contributed by atoms with Crippen molar-refractivity contribution in [2.45, 2.75) is 51.7 Å². The van der Waals surface area contributed by atoms with Gasteiger partial charge in [0.1, 0.15) is 12.4 Å². The summed E-state index contributed by atoms with van der Waals surface area (Å²) in [6.07, 6.45) is 5.21. The predicted molar refractivity (Wildman–Crippen MR) is 159 cm³/mol. The highest BCUT2D eigenvalue weighted by atomic mass is 16.5. The maximum Gasteiger partial charge on any atom is 0.258 e. The highest BCUT2D eigenvalue weighted by Gasteiger charge is 2.22. The lowest BCUT2D eigenvalue weighted by molar-refractivity contribution is -0.119. The quantitative estimate of drug-likeness (QED) is 0.262. The smallest absolute Gasteiger partial charge is 0.258 e. The molecule has 0 aliphatic heterocycles. The van der Waals surface area contributed by atoms with Crippen LogP contribution in [0.2, 0.25) is 0 Å². The molecule has 0 bridgehead atoms. The van der Waals surface area contributed by atoms with Gasteiger partial charge in [-0.3, -0.25) is 19.7 Å². The Balaban J connectivity index is 1.35. The molecule has 1 aliphatic rings. The van der Waals surface area contributed by atoms with Gasteiger partial charge < -0.3 is 19.9 Å². The van der Waals surface area contributed by atoms with E-state index in [4.69, 9.17) is 10.5 Å². The molecule has 9 heteroatoms. The Morgan fingerprint density at radius 1 is 1.02 bits per heavy atom. The predicted octanol–water partition coefficient (Wildman–Crippen LogP) is 5.29. The van der Waals surface area contributed by atoms with Crippen LogP contribution in [0.15, 0.2) is 72.8 Å². The second-order valence-corrected chi connectivity index (χ2v) is 10.5. The van der Waals surface area contributed by atoms with Crippen LogP contribution in [-0.4, -0.2) is 34.3 Å². The van der Waals surface area contributed by atoms with Crippen molar-refractivity contribution in [1.29, 1.82) is 0 Å². The molecule has 41 heavy (non-hydrogen) atoms. The summed E-state index contributed by atoms with van der Waals surface area (Å²) in [5.41, 5.74) is 8.90. The number of nitrogens with zero attached hydrogens (tertiary/aromatic N) is 3. The number of nitrogens with two attached hydrogens (primary N) is 1. The molecule has 3 amide bonds. The number of aromatic nitrogens is 2. The maximum absolute atomic E-state index is 13.3. The van der Waals surface area contributed by atoms with E-state index in [0.717, 1.165) is 29.6 Å². The van der Waals surface area contributed by atoms with Crippen LogP contribution in [0.3, 0.4) is 0 Å². The number of rotatable bonds is 11. The van der Waals surface area contributed by atoms with Gasteiger partial charge in [0.15, 0.2) is 0 Å². The summed E-state index contributed by atoms with van der Waals surface area (Å²) in [6, 6.07) is 22.3. The first kappa shape index (κ1) is 27.9. The summed E-state index contributed by atoms with van der Waals surface area (Å²) in [6.45, 7) is 0.631. The molecule has 1 fully saturated rings. The lowest BCUT2D eigenvalue weighted by atomic mass is 10.0. The monoisotopic (exact) mass is 553 g/mol. The molecule has 0 spiro atoms. The summed E-state index contributed by atoms with van der Waals surface area (Å²) >= 11 is 0. The zero-order valence-corrected chi connectivity index (χ0v) is 23.2. The number of fused-ring (bicyclic) bond motifs is 1. The van der Waals surface area contributed by atoms with Gasteiger partial charge in [-0.25, -0.2) is 4.98 Å². The number of hydrogen-bond donors (Lipinski definition) is 2. The molecule has 0 radical (unpaired) electrons. The van der Waals surface area contributed by atoms with Crippen molar-refractivity contribution in [2.75, 3.05) is 17.3 Å². The molecule has 9 nitrogen and oxygen atoms in total. The topological polar surface area (TPSA) is 120 Å². The van der Waals surface area contributed by atoms with E-state index in [9.17, 15) is 14.4 Å². The number of hydrogen-bond acceptors (Lipinski definition) is 5. The molecule has 5 rings (SSSR count). The van der Waals surface area contributed by atoms with Crippen molar-refractivity contribution in [3.05, 3.63) is 83.9 Å². The van der Waals surface area contributed by atoms with E-state index in [0.29, 0.717) is 41.7 Å². The van der Waals surface area contributed by atoms with E-state index in [1.807, 2.05) is 48.5 Å². The van der Waals surface area contributed by atoms with Gasteiger partial charge >= 0.3 is 0 Å². The molecule has 1 saturated carbocycles. The molecule has 212 valence electrons. The fourth-order valence-electron chi connectivity index (χ4n) is 5.25. The highest BCUT2D eigenvalue weighted by Crippen LogP contribution is 2.30. The third kappa shape index (κ3) is 6.92. The summed E-state index contributed by atoms with van der Waals surface area (Å²) in [7, 11) is 1.78. The number of imidazole rings is 1. The SMILES string of the molecule is CN(C(=O)CC1CCCC1)c1ccc2c(c1)nc(NC(=O)c1cccc(OCc3ccccc3)c1)n2CCC(N)=O. The number of aryl methyl sites for hydroxylation is 1. The van der Waals surface area contributed by atoms with Gasteiger partial charge in [-0.15, -0.1) is 0 Å². The lowest BCUT2D eigenvalue weighted by Gasteiger charge is -2.19.